The van der Waals surface area contributed by atoms with E-state index in [9.17, 15) is 14.4 Å². The zero-order valence-electron chi connectivity index (χ0n) is 8.62. The van der Waals surface area contributed by atoms with Gasteiger partial charge in [-0.1, -0.05) is 0 Å². The summed E-state index contributed by atoms with van der Waals surface area (Å²) in [5, 5.41) is 0. The molecule has 0 saturated heterocycles. The first kappa shape index (κ1) is 42.9. The molecule has 0 amide bonds. The van der Waals surface area contributed by atoms with Crippen molar-refractivity contribution in [2.45, 2.75) is 20.8 Å². The van der Waals surface area contributed by atoms with E-state index in [0.29, 0.717) is 0 Å². The molecule has 0 aliphatic heterocycles. The standard InChI is InChI=1S/3C2H4O2S.Bi.3Li.3H/c3*1-2(3)4-5;;;;;;;/h3*5H,1H3;;;;;;;/q;;;+3;;;;;;/p-3. The van der Waals surface area contributed by atoms with E-state index in [4.69, 9.17) is 0 Å². The van der Waals surface area contributed by atoms with Gasteiger partial charge < -0.3 is 51.3 Å². The molecular weight excluding hydrogens is 494 g/mol. The van der Waals surface area contributed by atoms with Gasteiger partial charge in [0.05, 0.1) is 0 Å². The van der Waals surface area contributed by atoms with E-state index in [1.807, 2.05) is 0 Å². The summed E-state index contributed by atoms with van der Waals surface area (Å²) in [5.74, 6) is -1.29. The topological polar surface area (TPSA) is 78.9 Å². The SMILES string of the molecule is CC(=O)O[S-].CC(=O)O[S-].CC(=O)O[S-].[Bi+3].[LiH].[LiH].[LiH]. The zero-order chi connectivity index (χ0) is 12.9. The van der Waals surface area contributed by atoms with E-state index < -0.39 is 17.9 Å². The van der Waals surface area contributed by atoms with Crippen molar-refractivity contribution in [2.24, 2.45) is 0 Å². The van der Waals surface area contributed by atoms with Crippen molar-refractivity contribution in [3.63, 3.8) is 0 Å². The summed E-state index contributed by atoms with van der Waals surface area (Å²) >= 11 is 11.5. The number of hydrogen-bond donors (Lipinski definition) is 0. The molecule has 0 aromatic heterocycles. The Balaban J connectivity index is -0.0000000206. The van der Waals surface area contributed by atoms with Gasteiger partial charge in [-0.25, -0.2) is 0 Å². The second-order valence-electron chi connectivity index (χ2n) is 1.72. The van der Waals surface area contributed by atoms with Crippen LogP contribution in [0.3, 0.4) is 0 Å². The predicted molar refractivity (Wildman–Crippen MR) is 84.6 cm³/mol. The molecule has 2 radical (unpaired) electrons. The van der Waals surface area contributed by atoms with Crippen molar-refractivity contribution < 1.29 is 26.9 Å². The van der Waals surface area contributed by atoms with E-state index in [-0.39, 0.29) is 82.8 Å². The van der Waals surface area contributed by atoms with Crippen LogP contribution in [-0.4, -0.2) is 101 Å². The van der Waals surface area contributed by atoms with Crippen molar-refractivity contribution >= 4 is 139 Å². The minimum atomic E-state index is -0.431. The summed E-state index contributed by atoms with van der Waals surface area (Å²) in [7, 11) is 0. The average Bonchev–Trinajstić information content (AvgIpc) is 2.19. The van der Waals surface area contributed by atoms with Gasteiger partial charge in [0.15, 0.2) is 0 Å². The molecule has 0 aliphatic carbocycles. The second-order valence-corrected chi connectivity index (χ2v) is 2.22. The van der Waals surface area contributed by atoms with E-state index in [1.54, 1.807) is 0 Å². The van der Waals surface area contributed by atoms with Crippen molar-refractivity contribution in [2.75, 3.05) is 0 Å². The fraction of sp³-hybridized carbons (Fsp3) is 0.500. The number of hydrogen-bond acceptors (Lipinski definition) is 9. The van der Waals surface area contributed by atoms with Gasteiger partial charge in [0.2, 0.25) is 0 Å². The van der Waals surface area contributed by atoms with E-state index in [2.05, 4.69) is 51.3 Å². The molecule has 0 N–H and O–H groups in total. The molecule has 0 unspecified atom stereocenters. The van der Waals surface area contributed by atoms with Gasteiger partial charge in [-0.2, -0.15) is 0 Å². The third-order valence-corrected chi connectivity index (χ3v) is 1.06. The summed E-state index contributed by atoms with van der Waals surface area (Å²) in [6, 6.07) is 0. The molecule has 6 nitrogen and oxygen atoms in total. The number of carbonyl (C=O) groups excluding carboxylic acids is 3. The molecule has 19 heavy (non-hydrogen) atoms. The quantitative estimate of drug-likeness (QED) is 0.267. The minimum absolute atomic E-state index is 0. The van der Waals surface area contributed by atoms with Crippen LogP contribution in [0, 0.1) is 0 Å². The van der Waals surface area contributed by atoms with Crippen molar-refractivity contribution in [3.05, 3.63) is 0 Å². The Labute approximate surface area is 185 Å². The Morgan fingerprint density at radius 3 is 0.684 bits per heavy atom. The molecule has 0 fully saturated rings. The van der Waals surface area contributed by atoms with Crippen LogP contribution < -0.4 is 0 Å². The molecule has 0 aromatic rings. The van der Waals surface area contributed by atoms with Crippen LogP contribution in [0.4, 0.5) is 0 Å². The molecule has 0 aromatic carbocycles. The summed E-state index contributed by atoms with van der Waals surface area (Å²) in [6.45, 7) is 3.77. The van der Waals surface area contributed by atoms with Crippen LogP contribution in [-0.2, 0) is 65.7 Å². The van der Waals surface area contributed by atoms with Crippen LogP contribution in [0.2, 0.25) is 0 Å². The van der Waals surface area contributed by atoms with Crippen LogP contribution in [0.5, 0.6) is 0 Å². The van der Waals surface area contributed by atoms with Crippen LogP contribution in [0.1, 0.15) is 20.8 Å². The molecule has 0 rings (SSSR count). The molecule has 13 heteroatoms. The second kappa shape index (κ2) is 36.9. The van der Waals surface area contributed by atoms with Gasteiger partial charge in [-0.05, 0) is 0 Å². The van der Waals surface area contributed by atoms with Gasteiger partial charge in [0, 0.05) is 20.8 Å². The van der Waals surface area contributed by atoms with E-state index in [1.165, 1.54) is 20.8 Å². The number of carbonyl (C=O) groups is 3. The van der Waals surface area contributed by atoms with Crippen LogP contribution in [0.25, 0.3) is 0 Å². The van der Waals surface area contributed by atoms with Crippen molar-refractivity contribution in [1.29, 1.82) is 0 Å². The zero-order valence-corrected chi connectivity index (χ0v) is 14.5. The van der Waals surface area contributed by atoms with Gasteiger partial charge in [-0.3, -0.25) is 14.4 Å². The Morgan fingerprint density at radius 2 is 0.684 bits per heavy atom. The molecule has 0 bridgehead atoms. The molecule has 0 aliphatic rings. The maximum atomic E-state index is 9.49. The Hall–Kier alpha value is 2.14. The van der Waals surface area contributed by atoms with Gasteiger partial charge in [-0.15, -0.1) is 0 Å². The third kappa shape index (κ3) is 100. The fourth-order valence-corrected chi connectivity index (χ4v) is 0. The van der Waals surface area contributed by atoms with E-state index >= 15 is 0 Å². The molecular formula is C6H12BiLi3O6S3. The first-order valence-corrected chi connectivity index (χ1v) is 4.22. The monoisotopic (exact) mass is 506 g/mol. The summed E-state index contributed by atoms with van der Waals surface area (Å²) in [5.41, 5.74) is 0. The first-order valence-electron chi connectivity index (χ1n) is 3.22. The predicted octanol–water partition coefficient (Wildman–Crippen LogP) is -2.29. The Morgan fingerprint density at radius 1 is 0.632 bits per heavy atom. The first-order chi connectivity index (χ1) is 6.81. The molecule has 0 atom stereocenters. The van der Waals surface area contributed by atoms with Gasteiger partial charge in [0.1, 0.15) is 0 Å². The molecule has 98 valence electrons. The fourth-order valence-electron chi connectivity index (χ4n) is 0. The summed E-state index contributed by atoms with van der Waals surface area (Å²) in [6.07, 6.45) is 0. The number of rotatable bonds is 0. The normalized spacial score (nSPS) is 5.37. The maximum absolute atomic E-state index is 9.49. The molecule has 0 saturated carbocycles. The van der Waals surface area contributed by atoms with Crippen LogP contribution >= 0.6 is 0 Å². The molecule has 0 heterocycles. The van der Waals surface area contributed by atoms with Crippen LogP contribution in [0.15, 0.2) is 0 Å². The van der Waals surface area contributed by atoms with Crippen molar-refractivity contribution in [1.82, 2.24) is 0 Å². The average molecular weight is 506 g/mol. The van der Waals surface area contributed by atoms with E-state index in [0.717, 1.165) is 0 Å². The third-order valence-electron chi connectivity index (χ3n) is 0.352. The Bertz CT molecular complexity index is 179. The molecule has 0 spiro atoms. The van der Waals surface area contributed by atoms with Gasteiger partial charge >= 0.3 is 82.8 Å². The van der Waals surface area contributed by atoms with Gasteiger partial charge in [0.25, 0.3) is 17.9 Å². The summed E-state index contributed by atoms with van der Waals surface area (Å²) in [4.78, 5) is 28.5. The Kier molecular flexibility index (Phi) is 83.3. The van der Waals surface area contributed by atoms with Crippen molar-refractivity contribution in [3.8, 4) is 0 Å². The summed E-state index contributed by atoms with van der Waals surface area (Å²) < 4.78 is 11.1.